The second-order valence-corrected chi connectivity index (χ2v) is 6.18. The second kappa shape index (κ2) is 8.95. The Labute approximate surface area is 140 Å². The molecule has 23 heavy (non-hydrogen) atoms. The van der Waals surface area contributed by atoms with Gasteiger partial charge >= 0.3 is 0 Å². The molecule has 2 aromatic rings. The van der Waals surface area contributed by atoms with Crippen molar-refractivity contribution in [2.45, 2.75) is 13.3 Å². The van der Waals surface area contributed by atoms with E-state index >= 15 is 0 Å². The molecular weight excluding hydrogens is 308 g/mol. The first-order valence-corrected chi connectivity index (χ1v) is 8.44. The Morgan fingerprint density at radius 2 is 2.04 bits per heavy atom. The molecule has 0 fully saturated rings. The summed E-state index contributed by atoms with van der Waals surface area (Å²) in [5.41, 5.74) is 7.53. The van der Waals surface area contributed by atoms with Gasteiger partial charge in [-0.15, -0.1) is 11.3 Å². The summed E-state index contributed by atoms with van der Waals surface area (Å²) in [5.74, 6) is 0.329. The predicted octanol–water partition coefficient (Wildman–Crippen LogP) is 1.93. The van der Waals surface area contributed by atoms with Crippen molar-refractivity contribution in [2.75, 3.05) is 19.6 Å². The smallest absolute Gasteiger partial charge is 0.251 e. The molecule has 6 heteroatoms. The van der Waals surface area contributed by atoms with Crippen LogP contribution in [0.3, 0.4) is 0 Å². The highest BCUT2D eigenvalue weighted by Crippen LogP contribution is 2.08. The minimum Gasteiger partial charge on any atom is -0.370 e. The quantitative estimate of drug-likeness (QED) is 0.412. The van der Waals surface area contributed by atoms with Crippen LogP contribution in [-0.2, 0) is 6.42 Å². The summed E-state index contributed by atoms with van der Waals surface area (Å²) in [6, 6.07) is 11.6. The van der Waals surface area contributed by atoms with Gasteiger partial charge in [0, 0.05) is 36.5 Å². The molecule has 0 bridgehead atoms. The average Bonchev–Trinajstić information content (AvgIpc) is 3.04. The Morgan fingerprint density at radius 1 is 1.22 bits per heavy atom. The Balaban J connectivity index is 1.63. The number of benzene rings is 1. The van der Waals surface area contributed by atoms with Crippen molar-refractivity contribution in [3.8, 4) is 0 Å². The molecule has 2 rings (SSSR count). The largest absolute Gasteiger partial charge is 0.370 e. The molecule has 0 spiro atoms. The van der Waals surface area contributed by atoms with Crippen LogP contribution in [0.1, 0.15) is 20.8 Å². The van der Waals surface area contributed by atoms with Crippen LogP contribution < -0.4 is 16.4 Å². The highest BCUT2D eigenvalue weighted by molar-refractivity contribution is 7.09. The zero-order valence-corrected chi connectivity index (χ0v) is 14.0. The molecule has 4 N–H and O–H groups in total. The lowest BCUT2D eigenvalue weighted by molar-refractivity contribution is 0.0954. The number of nitrogens with two attached hydrogens (primary N) is 1. The summed E-state index contributed by atoms with van der Waals surface area (Å²) >= 11 is 1.72. The zero-order valence-electron chi connectivity index (χ0n) is 13.2. The number of thiophene rings is 1. The van der Waals surface area contributed by atoms with E-state index in [2.05, 4.69) is 27.1 Å². The maximum atomic E-state index is 11.9. The molecule has 1 heterocycles. The molecule has 1 aromatic carbocycles. The zero-order chi connectivity index (χ0) is 16.5. The standard InChI is InChI=1S/C17H22N4OS/c1-13-4-2-5-14(12-13)16(22)19-9-10-21-17(18)20-8-7-15-6-3-11-23-15/h2-6,11-12H,7-10H2,1H3,(H,19,22)(H3,18,20,21). The van der Waals surface area contributed by atoms with Crippen molar-refractivity contribution >= 4 is 23.2 Å². The van der Waals surface area contributed by atoms with E-state index < -0.39 is 0 Å². The number of carbonyl (C=O) groups is 1. The van der Waals surface area contributed by atoms with E-state index in [9.17, 15) is 4.79 Å². The minimum absolute atomic E-state index is 0.0799. The number of hydrogen-bond donors (Lipinski definition) is 3. The van der Waals surface area contributed by atoms with Crippen molar-refractivity contribution in [3.63, 3.8) is 0 Å². The molecule has 0 radical (unpaired) electrons. The topological polar surface area (TPSA) is 79.5 Å². The van der Waals surface area contributed by atoms with Gasteiger partial charge < -0.3 is 16.4 Å². The highest BCUT2D eigenvalue weighted by Gasteiger charge is 2.04. The lowest BCUT2D eigenvalue weighted by Crippen LogP contribution is -2.38. The van der Waals surface area contributed by atoms with Gasteiger partial charge in [-0.3, -0.25) is 9.79 Å². The summed E-state index contributed by atoms with van der Waals surface area (Å²) in [4.78, 5) is 17.5. The first kappa shape index (κ1) is 17.0. The van der Waals surface area contributed by atoms with Gasteiger partial charge in [0.25, 0.3) is 5.91 Å². The number of rotatable bonds is 7. The monoisotopic (exact) mass is 330 g/mol. The number of carbonyl (C=O) groups excluding carboxylic acids is 1. The van der Waals surface area contributed by atoms with Gasteiger partial charge in [-0.1, -0.05) is 23.8 Å². The fourth-order valence-corrected chi connectivity index (χ4v) is 2.75. The van der Waals surface area contributed by atoms with Crippen LogP contribution in [0, 0.1) is 6.92 Å². The first-order valence-electron chi connectivity index (χ1n) is 7.56. The van der Waals surface area contributed by atoms with E-state index in [1.54, 1.807) is 17.4 Å². The number of nitrogens with one attached hydrogen (secondary N) is 2. The third-order valence-electron chi connectivity index (χ3n) is 3.22. The van der Waals surface area contributed by atoms with E-state index in [1.165, 1.54) is 4.88 Å². The van der Waals surface area contributed by atoms with Crippen LogP contribution in [0.25, 0.3) is 0 Å². The molecule has 0 aliphatic carbocycles. The van der Waals surface area contributed by atoms with E-state index in [-0.39, 0.29) is 5.91 Å². The molecule has 0 saturated heterocycles. The van der Waals surface area contributed by atoms with Gasteiger partial charge in [0.2, 0.25) is 0 Å². The average molecular weight is 330 g/mol. The maximum absolute atomic E-state index is 11.9. The fraction of sp³-hybridized carbons (Fsp3) is 0.294. The number of amides is 1. The third kappa shape index (κ3) is 6.12. The molecule has 122 valence electrons. The Bertz CT molecular complexity index is 652. The SMILES string of the molecule is Cc1cccc(C(=O)NCCNC(N)=NCCc2cccs2)c1. The molecule has 0 aliphatic rings. The van der Waals surface area contributed by atoms with E-state index in [1.807, 2.05) is 31.2 Å². The van der Waals surface area contributed by atoms with Crippen LogP contribution in [-0.4, -0.2) is 31.5 Å². The molecule has 0 saturated carbocycles. The molecule has 1 amide bonds. The van der Waals surface area contributed by atoms with Gasteiger partial charge in [0.15, 0.2) is 5.96 Å². The normalized spacial score (nSPS) is 11.3. The lowest BCUT2D eigenvalue weighted by Gasteiger charge is -2.08. The predicted molar refractivity (Wildman–Crippen MR) is 96.0 cm³/mol. The molecule has 1 aromatic heterocycles. The Kier molecular flexibility index (Phi) is 6.62. The minimum atomic E-state index is -0.0799. The van der Waals surface area contributed by atoms with Gasteiger partial charge in [-0.05, 0) is 30.5 Å². The van der Waals surface area contributed by atoms with Gasteiger partial charge in [0.1, 0.15) is 0 Å². The number of aliphatic imine (C=N–C) groups is 1. The van der Waals surface area contributed by atoms with Crippen molar-refractivity contribution in [2.24, 2.45) is 10.7 Å². The highest BCUT2D eigenvalue weighted by atomic mass is 32.1. The van der Waals surface area contributed by atoms with Crippen LogP contribution in [0.15, 0.2) is 46.8 Å². The summed E-state index contributed by atoms with van der Waals surface area (Å²) < 4.78 is 0. The number of hydrogen-bond acceptors (Lipinski definition) is 3. The summed E-state index contributed by atoms with van der Waals surface area (Å²) in [7, 11) is 0. The second-order valence-electron chi connectivity index (χ2n) is 5.15. The van der Waals surface area contributed by atoms with Crippen molar-refractivity contribution in [3.05, 3.63) is 57.8 Å². The number of aryl methyl sites for hydroxylation is 1. The number of guanidine groups is 1. The van der Waals surface area contributed by atoms with Crippen LogP contribution in [0.4, 0.5) is 0 Å². The lowest BCUT2D eigenvalue weighted by atomic mass is 10.1. The van der Waals surface area contributed by atoms with Gasteiger partial charge in [-0.2, -0.15) is 0 Å². The summed E-state index contributed by atoms with van der Waals surface area (Å²) in [6.07, 6.45) is 0.893. The van der Waals surface area contributed by atoms with Crippen LogP contribution in [0.5, 0.6) is 0 Å². The van der Waals surface area contributed by atoms with E-state index in [0.29, 0.717) is 31.2 Å². The van der Waals surface area contributed by atoms with Gasteiger partial charge in [-0.25, -0.2) is 0 Å². The Morgan fingerprint density at radius 3 is 2.78 bits per heavy atom. The Hall–Kier alpha value is -2.34. The molecule has 0 aliphatic heterocycles. The van der Waals surface area contributed by atoms with E-state index in [0.717, 1.165) is 12.0 Å². The van der Waals surface area contributed by atoms with Crippen molar-refractivity contribution in [1.82, 2.24) is 10.6 Å². The number of nitrogens with zero attached hydrogens (tertiary/aromatic N) is 1. The molecule has 0 unspecified atom stereocenters. The summed E-state index contributed by atoms with van der Waals surface area (Å²) in [6.45, 7) is 3.67. The van der Waals surface area contributed by atoms with Crippen LogP contribution in [0.2, 0.25) is 0 Å². The van der Waals surface area contributed by atoms with Gasteiger partial charge in [0.05, 0.1) is 0 Å². The molecular formula is C17H22N4OS. The van der Waals surface area contributed by atoms with Crippen molar-refractivity contribution < 1.29 is 4.79 Å². The van der Waals surface area contributed by atoms with Crippen LogP contribution >= 0.6 is 11.3 Å². The molecule has 5 nitrogen and oxygen atoms in total. The first-order chi connectivity index (χ1) is 11.1. The van der Waals surface area contributed by atoms with Crippen molar-refractivity contribution in [1.29, 1.82) is 0 Å². The van der Waals surface area contributed by atoms with E-state index in [4.69, 9.17) is 5.73 Å². The third-order valence-corrected chi connectivity index (χ3v) is 4.15. The fourth-order valence-electron chi connectivity index (χ4n) is 2.05. The summed E-state index contributed by atoms with van der Waals surface area (Å²) in [5, 5.41) is 7.90. The molecule has 0 atom stereocenters. The maximum Gasteiger partial charge on any atom is 0.251 e.